The Morgan fingerprint density at radius 3 is 2.78 bits per heavy atom. The molecule has 2 aliphatic rings. The number of thiazole rings is 1. The monoisotopic (exact) mass is 354 g/mol. The molecule has 126 valence electrons. The average molecular weight is 355 g/mol. The molecular formula is C16H23ClN4OS. The number of hydrogen-bond acceptors (Lipinski definition) is 5. The second kappa shape index (κ2) is 7.30. The molecule has 0 amide bonds. The largest absolute Gasteiger partial charge is 0.314 e. The van der Waals surface area contributed by atoms with Gasteiger partial charge in [0, 0.05) is 43.3 Å². The zero-order valence-electron chi connectivity index (χ0n) is 13.1. The van der Waals surface area contributed by atoms with Crippen LogP contribution in [-0.2, 0) is 6.54 Å². The first-order chi connectivity index (χ1) is 10.8. The minimum atomic E-state index is 0. The predicted octanol–water partition coefficient (Wildman–Crippen LogP) is 2.14. The summed E-state index contributed by atoms with van der Waals surface area (Å²) in [5.74, 6) is 0.952. The average Bonchev–Trinajstić information content (AvgIpc) is 3.23. The summed E-state index contributed by atoms with van der Waals surface area (Å²) in [4.78, 5) is 19.8. The van der Waals surface area contributed by atoms with Crippen molar-refractivity contribution < 1.29 is 0 Å². The highest BCUT2D eigenvalue weighted by Gasteiger charge is 2.24. The lowest BCUT2D eigenvalue weighted by Gasteiger charge is -2.32. The highest BCUT2D eigenvalue weighted by molar-refractivity contribution is 7.15. The Balaban J connectivity index is 0.00000156. The number of likely N-dealkylation sites (tertiary alicyclic amines) is 1. The van der Waals surface area contributed by atoms with Gasteiger partial charge in [0.1, 0.15) is 0 Å². The van der Waals surface area contributed by atoms with E-state index in [1.807, 2.05) is 5.38 Å². The van der Waals surface area contributed by atoms with Gasteiger partial charge in [0.25, 0.3) is 5.56 Å². The van der Waals surface area contributed by atoms with Crippen molar-refractivity contribution in [2.24, 2.45) is 5.92 Å². The van der Waals surface area contributed by atoms with Gasteiger partial charge in [0.2, 0.25) is 0 Å². The fourth-order valence-electron chi connectivity index (χ4n) is 3.15. The Morgan fingerprint density at radius 1 is 1.26 bits per heavy atom. The van der Waals surface area contributed by atoms with Crippen molar-refractivity contribution in [3.05, 3.63) is 33.7 Å². The second-order valence-electron chi connectivity index (χ2n) is 6.54. The van der Waals surface area contributed by atoms with Crippen LogP contribution in [0.2, 0.25) is 0 Å². The Bertz CT molecular complexity index is 703. The molecule has 0 unspecified atom stereocenters. The molecule has 7 heteroatoms. The van der Waals surface area contributed by atoms with E-state index in [0.29, 0.717) is 6.04 Å². The number of nitrogens with zero attached hydrogens (tertiary/aromatic N) is 3. The Kier molecular flexibility index (Phi) is 5.36. The van der Waals surface area contributed by atoms with Crippen LogP contribution in [0.5, 0.6) is 0 Å². The fraction of sp³-hybridized carbons (Fsp3) is 0.625. The summed E-state index contributed by atoms with van der Waals surface area (Å²) < 4.78 is 1.61. The van der Waals surface area contributed by atoms with Gasteiger partial charge in [-0.15, -0.1) is 23.7 Å². The lowest BCUT2D eigenvalue weighted by molar-refractivity contribution is 0.188. The van der Waals surface area contributed by atoms with E-state index in [9.17, 15) is 4.79 Å². The maximum absolute atomic E-state index is 12.0. The predicted molar refractivity (Wildman–Crippen MR) is 95.6 cm³/mol. The summed E-state index contributed by atoms with van der Waals surface area (Å²) in [6, 6.07) is 2.35. The summed E-state index contributed by atoms with van der Waals surface area (Å²) >= 11 is 1.52. The van der Waals surface area contributed by atoms with Gasteiger partial charge in [-0.05, 0) is 38.1 Å². The van der Waals surface area contributed by atoms with Crippen LogP contribution in [0.15, 0.2) is 22.4 Å². The van der Waals surface area contributed by atoms with Crippen LogP contribution in [0.3, 0.4) is 0 Å². The third kappa shape index (κ3) is 4.12. The first-order valence-corrected chi connectivity index (χ1v) is 9.07. The van der Waals surface area contributed by atoms with Crippen LogP contribution in [0, 0.1) is 5.92 Å². The molecule has 2 fully saturated rings. The normalized spacial score (nSPS) is 19.8. The SMILES string of the molecule is Cl.O=c1cc(CN2CCC(NCC3CC3)CC2)nc2sccn12. The Hall–Kier alpha value is -0.950. The molecule has 0 aromatic carbocycles. The van der Waals surface area contributed by atoms with Gasteiger partial charge in [0.05, 0.1) is 5.69 Å². The van der Waals surface area contributed by atoms with Crippen molar-refractivity contribution in [3.8, 4) is 0 Å². The van der Waals surface area contributed by atoms with Crippen LogP contribution < -0.4 is 10.9 Å². The maximum Gasteiger partial charge on any atom is 0.258 e. The number of aromatic nitrogens is 2. The van der Waals surface area contributed by atoms with Gasteiger partial charge < -0.3 is 5.32 Å². The molecule has 1 aliphatic carbocycles. The van der Waals surface area contributed by atoms with E-state index in [-0.39, 0.29) is 18.0 Å². The molecule has 1 N–H and O–H groups in total. The molecule has 23 heavy (non-hydrogen) atoms. The zero-order valence-corrected chi connectivity index (χ0v) is 14.7. The van der Waals surface area contributed by atoms with Crippen LogP contribution in [0.4, 0.5) is 0 Å². The number of piperidine rings is 1. The summed E-state index contributed by atoms with van der Waals surface area (Å²) in [5.41, 5.74) is 0.930. The molecule has 4 rings (SSSR count). The third-order valence-electron chi connectivity index (χ3n) is 4.72. The van der Waals surface area contributed by atoms with E-state index in [2.05, 4.69) is 15.2 Å². The van der Waals surface area contributed by atoms with Crippen molar-refractivity contribution in [2.75, 3.05) is 19.6 Å². The van der Waals surface area contributed by atoms with E-state index >= 15 is 0 Å². The van der Waals surface area contributed by atoms with Crippen molar-refractivity contribution in [2.45, 2.75) is 38.3 Å². The Morgan fingerprint density at radius 2 is 2.04 bits per heavy atom. The summed E-state index contributed by atoms with van der Waals surface area (Å²) in [6.45, 7) is 4.18. The first-order valence-electron chi connectivity index (χ1n) is 8.19. The molecule has 0 atom stereocenters. The number of hydrogen-bond donors (Lipinski definition) is 1. The smallest absolute Gasteiger partial charge is 0.258 e. The fourth-order valence-corrected chi connectivity index (χ4v) is 3.89. The first kappa shape index (κ1) is 16.9. The van der Waals surface area contributed by atoms with Crippen LogP contribution in [-0.4, -0.2) is 40.0 Å². The zero-order chi connectivity index (χ0) is 14.9. The molecule has 5 nitrogen and oxygen atoms in total. The van der Waals surface area contributed by atoms with Gasteiger partial charge in [0.15, 0.2) is 4.96 Å². The van der Waals surface area contributed by atoms with Crippen LogP contribution in [0.25, 0.3) is 4.96 Å². The van der Waals surface area contributed by atoms with E-state index in [4.69, 9.17) is 0 Å². The lowest BCUT2D eigenvalue weighted by atomic mass is 10.0. The van der Waals surface area contributed by atoms with Gasteiger partial charge in [-0.25, -0.2) is 4.98 Å². The number of rotatable bonds is 5. The van der Waals surface area contributed by atoms with E-state index < -0.39 is 0 Å². The quantitative estimate of drug-likeness (QED) is 0.893. The van der Waals surface area contributed by atoms with Gasteiger partial charge in [-0.3, -0.25) is 14.1 Å². The third-order valence-corrected chi connectivity index (χ3v) is 5.48. The second-order valence-corrected chi connectivity index (χ2v) is 7.42. The standard InChI is InChI=1S/C16H22N4OS.ClH/c21-15-9-14(18-16-20(15)7-8-22-16)11-19-5-3-13(4-6-19)17-10-12-1-2-12;/h7-9,12-13,17H,1-6,10-11H2;1H. The van der Waals surface area contributed by atoms with E-state index in [1.165, 1.54) is 43.6 Å². The van der Waals surface area contributed by atoms with Crippen molar-refractivity contribution in [3.63, 3.8) is 0 Å². The van der Waals surface area contributed by atoms with Gasteiger partial charge in [-0.1, -0.05) is 0 Å². The molecule has 1 aliphatic heterocycles. The molecule has 2 aromatic rings. The molecule has 1 saturated carbocycles. The minimum Gasteiger partial charge on any atom is -0.314 e. The molecule has 2 aromatic heterocycles. The Labute approximate surface area is 146 Å². The number of fused-ring (bicyclic) bond motifs is 1. The lowest BCUT2D eigenvalue weighted by Crippen LogP contribution is -2.42. The van der Waals surface area contributed by atoms with E-state index in [1.54, 1.807) is 16.7 Å². The van der Waals surface area contributed by atoms with Crippen molar-refractivity contribution in [1.82, 2.24) is 19.6 Å². The van der Waals surface area contributed by atoms with Crippen LogP contribution >= 0.6 is 23.7 Å². The van der Waals surface area contributed by atoms with Crippen LogP contribution in [0.1, 0.15) is 31.4 Å². The molecule has 0 bridgehead atoms. The van der Waals surface area contributed by atoms with Crippen molar-refractivity contribution >= 4 is 28.7 Å². The summed E-state index contributed by atoms with van der Waals surface area (Å²) in [7, 11) is 0. The molecule has 0 spiro atoms. The maximum atomic E-state index is 12.0. The molecular weight excluding hydrogens is 332 g/mol. The van der Waals surface area contributed by atoms with Gasteiger partial charge >= 0.3 is 0 Å². The molecule has 3 heterocycles. The summed E-state index contributed by atoms with van der Waals surface area (Å²) in [5, 5.41) is 5.61. The summed E-state index contributed by atoms with van der Waals surface area (Å²) in [6.07, 6.45) is 7.02. The van der Waals surface area contributed by atoms with Gasteiger partial charge in [-0.2, -0.15) is 0 Å². The highest BCUT2D eigenvalue weighted by Crippen LogP contribution is 2.28. The molecule has 0 radical (unpaired) electrons. The molecule has 1 saturated heterocycles. The minimum absolute atomic E-state index is 0. The van der Waals surface area contributed by atoms with Crippen molar-refractivity contribution in [1.29, 1.82) is 0 Å². The topological polar surface area (TPSA) is 49.6 Å². The highest BCUT2D eigenvalue weighted by atomic mass is 35.5. The number of nitrogens with one attached hydrogen (secondary N) is 1. The van der Waals surface area contributed by atoms with E-state index in [0.717, 1.165) is 36.2 Å². The number of halogens is 1.